The van der Waals surface area contributed by atoms with E-state index in [1.54, 1.807) is 0 Å². The Balaban J connectivity index is 1.41. The Morgan fingerprint density at radius 2 is 2.06 bits per heavy atom. The van der Waals surface area contributed by atoms with Crippen LogP contribution in [0.1, 0.15) is 38.5 Å². The van der Waals surface area contributed by atoms with Crippen LogP contribution in [0.15, 0.2) is 0 Å². The van der Waals surface area contributed by atoms with E-state index in [0.717, 1.165) is 32.2 Å². The zero-order valence-corrected chi connectivity index (χ0v) is 18.9. The molecule has 4 aliphatic rings. The molecule has 0 aromatic carbocycles. The Labute approximate surface area is 194 Å². The van der Waals surface area contributed by atoms with E-state index in [9.17, 15) is 9.50 Å². The third-order valence-electron chi connectivity index (χ3n) is 7.44. The summed E-state index contributed by atoms with van der Waals surface area (Å²) in [6.45, 7) is 1.97. The SMILES string of the molecule is OC1CN2C[C@H](F)C[C@]2(COc2nc3c4c(nc(Cl)c(F)c4n2)OC[C@@H]2CCCCCN32)C1. The average molecular weight is 482 g/mol. The van der Waals surface area contributed by atoms with Crippen molar-refractivity contribution in [1.29, 1.82) is 0 Å². The number of β-amino-alcohol motifs (C(OH)–C–C–N with tert-alkyl or cyclic N) is 1. The second-order valence-corrected chi connectivity index (χ2v) is 10.0. The molecule has 3 fully saturated rings. The fraction of sp³-hybridized carbons (Fsp3) is 0.682. The number of aliphatic hydroxyl groups excluding tert-OH is 1. The van der Waals surface area contributed by atoms with Crippen molar-refractivity contribution in [2.24, 2.45) is 0 Å². The van der Waals surface area contributed by atoms with Gasteiger partial charge in [0.15, 0.2) is 11.0 Å². The highest BCUT2D eigenvalue weighted by Crippen LogP contribution is 2.42. The van der Waals surface area contributed by atoms with Crippen LogP contribution in [0.4, 0.5) is 14.6 Å². The van der Waals surface area contributed by atoms with Crippen LogP contribution in [0.25, 0.3) is 10.9 Å². The van der Waals surface area contributed by atoms with Crippen molar-refractivity contribution in [3.8, 4) is 11.9 Å². The lowest BCUT2D eigenvalue weighted by Crippen LogP contribution is -2.43. The monoisotopic (exact) mass is 481 g/mol. The maximum absolute atomic E-state index is 15.1. The summed E-state index contributed by atoms with van der Waals surface area (Å²) in [6, 6.07) is 0.0863. The lowest BCUT2D eigenvalue weighted by molar-refractivity contribution is 0.106. The van der Waals surface area contributed by atoms with E-state index >= 15 is 4.39 Å². The van der Waals surface area contributed by atoms with Crippen LogP contribution in [-0.4, -0.2) is 81.7 Å². The average Bonchev–Trinajstić information content (AvgIpc) is 3.05. The van der Waals surface area contributed by atoms with E-state index in [0.29, 0.717) is 30.8 Å². The molecule has 6 rings (SSSR count). The lowest BCUT2D eigenvalue weighted by Gasteiger charge is -2.31. The van der Waals surface area contributed by atoms with Gasteiger partial charge in [0.25, 0.3) is 0 Å². The van der Waals surface area contributed by atoms with E-state index in [-0.39, 0.29) is 48.2 Å². The highest BCUT2D eigenvalue weighted by atomic mass is 35.5. The molecule has 0 bridgehead atoms. The van der Waals surface area contributed by atoms with Gasteiger partial charge in [-0.25, -0.2) is 8.78 Å². The highest BCUT2D eigenvalue weighted by Gasteiger charge is 2.52. The van der Waals surface area contributed by atoms with Crippen LogP contribution < -0.4 is 14.4 Å². The first-order valence-corrected chi connectivity index (χ1v) is 12.0. The lowest BCUT2D eigenvalue weighted by atomic mass is 9.94. The number of hydrogen-bond donors (Lipinski definition) is 1. The topological polar surface area (TPSA) is 83.8 Å². The first-order chi connectivity index (χ1) is 15.9. The molecule has 1 N–H and O–H groups in total. The number of anilines is 1. The Morgan fingerprint density at radius 1 is 1.18 bits per heavy atom. The normalized spacial score (nSPS) is 31.6. The molecule has 0 saturated carbocycles. The van der Waals surface area contributed by atoms with Crippen molar-refractivity contribution in [2.75, 3.05) is 37.7 Å². The summed E-state index contributed by atoms with van der Waals surface area (Å²) in [5.41, 5.74) is -0.607. The summed E-state index contributed by atoms with van der Waals surface area (Å²) >= 11 is 6.06. The molecule has 2 aromatic heterocycles. The van der Waals surface area contributed by atoms with Gasteiger partial charge in [-0.1, -0.05) is 24.4 Å². The molecule has 0 amide bonds. The molecule has 11 heteroatoms. The summed E-state index contributed by atoms with van der Waals surface area (Å²) in [5, 5.41) is 10.2. The van der Waals surface area contributed by atoms with Crippen molar-refractivity contribution in [1.82, 2.24) is 19.9 Å². The van der Waals surface area contributed by atoms with Crippen LogP contribution in [-0.2, 0) is 0 Å². The zero-order valence-electron chi connectivity index (χ0n) is 18.1. The maximum atomic E-state index is 15.1. The maximum Gasteiger partial charge on any atom is 0.319 e. The molecule has 33 heavy (non-hydrogen) atoms. The van der Waals surface area contributed by atoms with Gasteiger partial charge < -0.3 is 19.5 Å². The van der Waals surface area contributed by atoms with Gasteiger partial charge in [0.1, 0.15) is 36.1 Å². The number of pyridine rings is 1. The Kier molecular flexibility index (Phi) is 5.23. The minimum atomic E-state index is -0.969. The quantitative estimate of drug-likeness (QED) is 0.670. The predicted octanol–water partition coefficient (Wildman–Crippen LogP) is 2.88. The van der Waals surface area contributed by atoms with Crippen LogP contribution in [0.2, 0.25) is 5.15 Å². The van der Waals surface area contributed by atoms with Crippen molar-refractivity contribution in [3.63, 3.8) is 0 Å². The summed E-state index contributed by atoms with van der Waals surface area (Å²) in [4.78, 5) is 17.2. The minimum absolute atomic E-state index is 0.00509. The Hall–Kier alpha value is -2.04. The number of aliphatic hydroxyl groups is 1. The van der Waals surface area contributed by atoms with Gasteiger partial charge in [-0.05, 0) is 19.3 Å². The molecule has 3 saturated heterocycles. The van der Waals surface area contributed by atoms with Crippen molar-refractivity contribution in [2.45, 2.75) is 62.4 Å². The van der Waals surface area contributed by atoms with Gasteiger partial charge in [-0.2, -0.15) is 15.0 Å². The first-order valence-electron chi connectivity index (χ1n) is 11.6. The third-order valence-corrected chi connectivity index (χ3v) is 7.69. The molecule has 8 nitrogen and oxygen atoms in total. The van der Waals surface area contributed by atoms with Crippen molar-refractivity contribution >= 4 is 28.3 Å². The van der Waals surface area contributed by atoms with Gasteiger partial charge in [-0.15, -0.1) is 0 Å². The zero-order chi connectivity index (χ0) is 22.7. The van der Waals surface area contributed by atoms with Crippen LogP contribution >= 0.6 is 11.6 Å². The van der Waals surface area contributed by atoms with Crippen molar-refractivity contribution < 1.29 is 23.4 Å². The van der Waals surface area contributed by atoms with E-state index in [4.69, 9.17) is 21.1 Å². The van der Waals surface area contributed by atoms with Gasteiger partial charge in [-0.3, -0.25) is 4.90 Å². The van der Waals surface area contributed by atoms with Gasteiger partial charge in [0, 0.05) is 26.1 Å². The number of halogens is 3. The highest BCUT2D eigenvalue weighted by molar-refractivity contribution is 6.30. The molecule has 0 aliphatic carbocycles. The molecule has 0 radical (unpaired) electrons. The molecule has 4 atom stereocenters. The number of fused-ring (bicyclic) bond motifs is 3. The summed E-state index contributed by atoms with van der Waals surface area (Å²) in [7, 11) is 0. The molecule has 2 aromatic rings. The van der Waals surface area contributed by atoms with Crippen molar-refractivity contribution in [3.05, 3.63) is 11.0 Å². The number of ether oxygens (including phenoxy) is 2. The number of hydrogen-bond acceptors (Lipinski definition) is 8. The molecule has 0 spiro atoms. The second kappa shape index (κ2) is 8.02. The van der Waals surface area contributed by atoms with Crippen LogP contribution in [0.3, 0.4) is 0 Å². The Bertz CT molecular complexity index is 1080. The number of rotatable bonds is 3. The Morgan fingerprint density at radius 3 is 2.94 bits per heavy atom. The summed E-state index contributed by atoms with van der Waals surface area (Å²) < 4.78 is 41.2. The fourth-order valence-electron chi connectivity index (χ4n) is 5.94. The molecule has 4 aliphatic heterocycles. The van der Waals surface area contributed by atoms with E-state index < -0.39 is 23.6 Å². The predicted molar refractivity (Wildman–Crippen MR) is 117 cm³/mol. The molecule has 1 unspecified atom stereocenters. The van der Waals surface area contributed by atoms with E-state index in [2.05, 4.69) is 19.9 Å². The number of nitrogens with zero attached hydrogens (tertiary/aromatic N) is 5. The standard InChI is InChI=1S/C22H26ClF2N5O3/c23-18-16(25)17-15-19(30-5-3-1-2-4-13(30)10-32-20(15)27-18)28-21(26-17)33-11-22-6-12(24)8-29(22)9-14(31)7-22/h12-14,31H,1-11H2/t12-,13+,14?,22-/m1/s1. The third kappa shape index (κ3) is 3.57. The summed E-state index contributed by atoms with van der Waals surface area (Å²) in [6.07, 6.45) is 3.31. The number of alkyl halides is 1. The van der Waals surface area contributed by atoms with Gasteiger partial charge in [0.05, 0.1) is 17.7 Å². The van der Waals surface area contributed by atoms with E-state index in [1.165, 1.54) is 0 Å². The van der Waals surface area contributed by atoms with Crippen LogP contribution in [0, 0.1) is 5.82 Å². The molecule has 178 valence electrons. The molecular formula is C22H26ClF2N5O3. The second-order valence-electron chi connectivity index (χ2n) is 9.66. The fourth-order valence-corrected chi connectivity index (χ4v) is 6.11. The van der Waals surface area contributed by atoms with Gasteiger partial charge >= 0.3 is 6.01 Å². The smallest absolute Gasteiger partial charge is 0.319 e. The molecule has 6 heterocycles. The largest absolute Gasteiger partial charge is 0.475 e. The first kappa shape index (κ1) is 21.5. The van der Waals surface area contributed by atoms with Gasteiger partial charge in [0.2, 0.25) is 5.88 Å². The molecular weight excluding hydrogens is 456 g/mol. The van der Waals surface area contributed by atoms with E-state index in [1.807, 2.05) is 4.90 Å². The van der Waals surface area contributed by atoms with Crippen LogP contribution in [0.5, 0.6) is 11.9 Å². The number of aromatic nitrogens is 3. The summed E-state index contributed by atoms with van der Waals surface area (Å²) in [5.74, 6) is 0.0143. The minimum Gasteiger partial charge on any atom is -0.475 e.